The van der Waals surface area contributed by atoms with Crippen molar-refractivity contribution in [3.05, 3.63) is 11.1 Å². The zero-order chi connectivity index (χ0) is 14.1. The number of hydrogen-bond donors (Lipinski definition) is 3. The summed E-state index contributed by atoms with van der Waals surface area (Å²) in [5, 5.41) is 15.2. The van der Waals surface area contributed by atoms with Gasteiger partial charge < -0.3 is 16.2 Å². The Bertz CT molecular complexity index is 460. The van der Waals surface area contributed by atoms with Crippen LogP contribution >= 0.6 is 11.3 Å². The third-order valence-electron chi connectivity index (χ3n) is 3.87. The number of rotatable bonds is 3. The van der Waals surface area contributed by atoms with Crippen molar-refractivity contribution in [3.8, 4) is 0 Å². The van der Waals surface area contributed by atoms with Gasteiger partial charge in [-0.2, -0.15) is 0 Å². The molecule has 1 aromatic rings. The quantitative estimate of drug-likeness (QED) is 0.789. The van der Waals surface area contributed by atoms with Gasteiger partial charge in [-0.05, 0) is 31.1 Å². The average Bonchev–Trinajstić information content (AvgIpc) is 2.78. The standard InChI is InChI=1S/C13H21N3O2S/c1-12(2)3-5-13(18,6-4-12)8-15-10(17)9-7-19-11(14)16-9/h7,18H,3-6,8H2,1-2H3,(H2,14,16)(H,15,17). The van der Waals surface area contributed by atoms with Gasteiger partial charge in [0.2, 0.25) is 0 Å². The molecular weight excluding hydrogens is 262 g/mol. The molecule has 106 valence electrons. The van der Waals surface area contributed by atoms with E-state index in [9.17, 15) is 9.90 Å². The molecule has 1 amide bonds. The number of aromatic nitrogens is 1. The van der Waals surface area contributed by atoms with Crippen molar-refractivity contribution < 1.29 is 9.90 Å². The van der Waals surface area contributed by atoms with Crippen molar-refractivity contribution >= 4 is 22.4 Å². The Hall–Kier alpha value is -1.14. The highest BCUT2D eigenvalue weighted by atomic mass is 32.1. The molecule has 0 aliphatic heterocycles. The van der Waals surface area contributed by atoms with E-state index in [4.69, 9.17) is 5.73 Å². The second kappa shape index (κ2) is 5.09. The highest BCUT2D eigenvalue weighted by molar-refractivity contribution is 7.13. The zero-order valence-corrected chi connectivity index (χ0v) is 12.2. The van der Waals surface area contributed by atoms with Gasteiger partial charge in [-0.3, -0.25) is 4.79 Å². The zero-order valence-electron chi connectivity index (χ0n) is 11.4. The fraction of sp³-hybridized carbons (Fsp3) is 0.692. The van der Waals surface area contributed by atoms with Crippen LogP contribution in [-0.4, -0.2) is 28.1 Å². The molecule has 0 aromatic carbocycles. The van der Waals surface area contributed by atoms with Gasteiger partial charge in [-0.25, -0.2) is 4.98 Å². The summed E-state index contributed by atoms with van der Waals surface area (Å²) < 4.78 is 0. The number of carbonyl (C=O) groups is 1. The van der Waals surface area contributed by atoms with E-state index < -0.39 is 5.60 Å². The van der Waals surface area contributed by atoms with E-state index in [2.05, 4.69) is 24.1 Å². The minimum absolute atomic E-state index is 0.272. The minimum atomic E-state index is -0.785. The first-order chi connectivity index (χ1) is 8.80. The monoisotopic (exact) mass is 283 g/mol. The number of amides is 1. The van der Waals surface area contributed by atoms with E-state index in [1.807, 2.05) is 0 Å². The first-order valence-electron chi connectivity index (χ1n) is 6.51. The molecule has 1 aliphatic rings. The molecule has 2 rings (SSSR count). The van der Waals surface area contributed by atoms with Crippen molar-refractivity contribution in [2.75, 3.05) is 12.3 Å². The Balaban J connectivity index is 1.87. The largest absolute Gasteiger partial charge is 0.388 e. The lowest BCUT2D eigenvalue weighted by Gasteiger charge is -2.40. The van der Waals surface area contributed by atoms with Crippen molar-refractivity contribution in [1.82, 2.24) is 10.3 Å². The molecular formula is C13H21N3O2S. The summed E-state index contributed by atoms with van der Waals surface area (Å²) in [6, 6.07) is 0. The molecule has 1 heterocycles. The smallest absolute Gasteiger partial charge is 0.270 e. The fourth-order valence-corrected chi connectivity index (χ4v) is 2.84. The number of nitrogen functional groups attached to an aromatic ring is 1. The third-order valence-corrected chi connectivity index (χ3v) is 4.54. The second-order valence-corrected chi connectivity index (χ2v) is 7.03. The van der Waals surface area contributed by atoms with Crippen LogP contribution in [0.15, 0.2) is 5.38 Å². The van der Waals surface area contributed by atoms with E-state index in [1.54, 1.807) is 5.38 Å². The van der Waals surface area contributed by atoms with Gasteiger partial charge in [0, 0.05) is 11.9 Å². The van der Waals surface area contributed by atoms with Crippen LogP contribution in [0.1, 0.15) is 50.0 Å². The molecule has 0 spiro atoms. The highest BCUT2D eigenvalue weighted by Crippen LogP contribution is 2.39. The summed E-state index contributed by atoms with van der Waals surface area (Å²) in [7, 11) is 0. The molecule has 4 N–H and O–H groups in total. The summed E-state index contributed by atoms with van der Waals surface area (Å²) in [5.74, 6) is -0.272. The van der Waals surface area contributed by atoms with Crippen LogP contribution < -0.4 is 11.1 Å². The third kappa shape index (κ3) is 3.67. The van der Waals surface area contributed by atoms with Crippen molar-refractivity contribution in [2.24, 2.45) is 5.41 Å². The lowest BCUT2D eigenvalue weighted by atomic mass is 9.71. The van der Waals surface area contributed by atoms with E-state index in [0.717, 1.165) is 25.7 Å². The molecule has 1 saturated carbocycles. The molecule has 0 atom stereocenters. The average molecular weight is 283 g/mol. The van der Waals surface area contributed by atoms with E-state index in [0.29, 0.717) is 16.2 Å². The van der Waals surface area contributed by atoms with Crippen LogP contribution in [0.2, 0.25) is 0 Å². The number of nitrogens with zero attached hydrogens (tertiary/aromatic N) is 1. The maximum absolute atomic E-state index is 11.8. The van der Waals surface area contributed by atoms with Crippen LogP contribution in [0.4, 0.5) is 5.13 Å². The predicted molar refractivity (Wildman–Crippen MR) is 76.1 cm³/mol. The molecule has 0 bridgehead atoms. The Morgan fingerprint density at radius 3 is 2.63 bits per heavy atom. The van der Waals surface area contributed by atoms with Crippen LogP contribution in [0.3, 0.4) is 0 Å². The fourth-order valence-electron chi connectivity index (χ4n) is 2.30. The number of carbonyl (C=O) groups excluding carboxylic acids is 1. The molecule has 1 aromatic heterocycles. The van der Waals surface area contributed by atoms with E-state index >= 15 is 0 Å². The van der Waals surface area contributed by atoms with Crippen LogP contribution in [0.5, 0.6) is 0 Å². The van der Waals surface area contributed by atoms with E-state index in [-0.39, 0.29) is 12.5 Å². The first-order valence-corrected chi connectivity index (χ1v) is 7.39. The number of nitrogens with two attached hydrogens (primary N) is 1. The number of thiazole rings is 1. The number of nitrogens with one attached hydrogen (secondary N) is 1. The van der Waals surface area contributed by atoms with E-state index in [1.165, 1.54) is 11.3 Å². The maximum atomic E-state index is 11.8. The lowest BCUT2D eigenvalue weighted by Crippen LogP contribution is -2.46. The normalized spacial score (nSPS) is 21.0. The van der Waals surface area contributed by atoms with Gasteiger partial charge in [0.05, 0.1) is 5.60 Å². The Morgan fingerprint density at radius 1 is 1.47 bits per heavy atom. The summed E-state index contributed by atoms with van der Waals surface area (Å²) >= 11 is 1.24. The number of hydrogen-bond acceptors (Lipinski definition) is 5. The Kier molecular flexibility index (Phi) is 3.82. The first kappa shape index (κ1) is 14.3. The van der Waals surface area contributed by atoms with Gasteiger partial charge in [-0.15, -0.1) is 11.3 Å². The second-order valence-electron chi connectivity index (χ2n) is 6.14. The molecule has 19 heavy (non-hydrogen) atoms. The molecule has 0 radical (unpaired) electrons. The van der Waals surface area contributed by atoms with Gasteiger partial charge in [-0.1, -0.05) is 13.8 Å². The summed E-state index contributed by atoms with van der Waals surface area (Å²) in [6.07, 6.45) is 3.39. The SMILES string of the molecule is CC1(C)CCC(O)(CNC(=O)c2csc(N)n2)CC1. The predicted octanol–water partition coefficient (Wildman–Crippen LogP) is 1.79. The summed E-state index contributed by atoms with van der Waals surface area (Å²) in [5.41, 5.74) is 5.32. The Morgan fingerprint density at radius 2 is 2.11 bits per heavy atom. The molecule has 1 fully saturated rings. The van der Waals surface area contributed by atoms with Crippen LogP contribution in [-0.2, 0) is 0 Å². The highest BCUT2D eigenvalue weighted by Gasteiger charge is 2.36. The molecule has 1 aliphatic carbocycles. The minimum Gasteiger partial charge on any atom is -0.388 e. The molecule has 0 unspecified atom stereocenters. The van der Waals surface area contributed by atoms with Crippen LogP contribution in [0, 0.1) is 5.41 Å². The molecule has 6 heteroatoms. The van der Waals surface area contributed by atoms with Crippen molar-refractivity contribution in [1.29, 1.82) is 0 Å². The van der Waals surface area contributed by atoms with Gasteiger partial charge in [0.15, 0.2) is 5.13 Å². The number of anilines is 1. The van der Waals surface area contributed by atoms with Crippen LogP contribution in [0.25, 0.3) is 0 Å². The van der Waals surface area contributed by atoms with Gasteiger partial charge in [0.1, 0.15) is 5.69 Å². The molecule has 5 nitrogen and oxygen atoms in total. The van der Waals surface area contributed by atoms with Gasteiger partial charge >= 0.3 is 0 Å². The summed E-state index contributed by atoms with van der Waals surface area (Å²) in [6.45, 7) is 4.70. The lowest BCUT2D eigenvalue weighted by molar-refractivity contribution is -0.0233. The number of aliphatic hydroxyl groups is 1. The summed E-state index contributed by atoms with van der Waals surface area (Å²) in [4.78, 5) is 15.8. The maximum Gasteiger partial charge on any atom is 0.270 e. The van der Waals surface area contributed by atoms with Crippen molar-refractivity contribution in [2.45, 2.75) is 45.1 Å². The molecule has 0 saturated heterocycles. The van der Waals surface area contributed by atoms with Gasteiger partial charge in [0.25, 0.3) is 5.91 Å². The topological polar surface area (TPSA) is 88.2 Å². The Labute approximate surface area is 117 Å². The van der Waals surface area contributed by atoms with Crippen molar-refractivity contribution in [3.63, 3.8) is 0 Å².